The molecule has 0 N–H and O–H groups in total. The van der Waals surface area contributed by atoms with E-state index in [1.165, 1.54) is 0 Å². The van der Waals surface area contributed by atoms with Gasteiger partial charge in [-0.2, -0.15) is 21.6 Å². The first-order valence-electron chi connectivity index (χ1n) is 8.10. The Kier molecular flexibility index (Phi) is 5.20. The maximum absolute atomic E-state index is 12.6. The Morgan fingerprint density at radius 1 is 1.17 bits per heavy atom. The Morgan fingerprint density at radius 3 is 2.38 bits per heavy atom. The highest BCUT2D eigenvalue weighted by molar-refractivity contribution is 7.88. The van der Waals surface area contributed by atoms with Crippen molar-refractivity contribution in [1.29, 1.82) is 0 Å². The van der Waals surface area contributed by atoms with Crippen LogP contribution in [-0.2, 0) is 20.3 Å². The Morgan fingerprint density at radius 2 is 1.79 bits per heavy atom. The van der Waals surface area contributed by atoms with Gasteiger partial charge in [-0.25, -0.2) is 4.79 Å². The van der Waals surface area contributed by atoms with E-state index in [0.29, 0.717) is 0 Å². The van der Waals surface area contributed by atoms with Gasteiger partial charge in [-0.1, -0.05) is 29.8 Å². The molecular weight excluding hydrogens is 437 g/mol. The molecule has 6 nitrogen and oxygen atoms in total. The molecular formula is C18H14ClF3O6S. The van der Waals surface area contributed by atoms with Gasteiger partial charge < -0.3 is 13.7 Å². The first-order chi connectivity index (χ1) is 13.3. The Bertz CT molecular complexity index is 1050. The molecule has 1 aliphatic rings. The van der Waals surface area contributed by atoms with Gasteiger partial charge in [0.25, 0.3) is 6.29 Å². The van der Waals surface area contributed by atoms with Gasteiger partial charge in [-0.3, -0.25) is 0 Å². The lowest BCUT2D eigenvalue weighted by atomic mass is 9.85. The Balaban J connectivity index is 1.90. The van der Waals surface area contributed by atoms with Crippen LogP contribution in [0.3, 0.4) is 0 Å². The molecule has 0 spiro atoms. The van der Waals surface area contributed by atoms with Crippen LogP contribution in [0, 0.1) is 0 Å². The summed E-state index contributed by atoms with van der Waals surface area (Å²) < 4.78 is 75.4. The van der Waals surface area contributed by atoms with Crippen LogP contribution in [0.4, 0.5) is 13.2 Å². The van der Waals surface area contributed by atoms with E-state index in [0.717, 1.165) is 12.1 Å². The van der Waals surface area contributed by atoms with Crippen molar-refractivity contribution in [2.75, 3.05) is 0 Å². The van der Waals surface area contributed by atoms with Crippen molar-refractivity contribution < 1.29 is 40.0 Å². The van der Waals surface area contributed by atoms with E-state index in [1.54, 1.807) is 44.2 Å². The average molecular weight is 451 g/mol. The minimum atomic E-state index is -5.88. The quantitative estimate of drug-likeness (QED) is 0.390. The van der Waals surface area contributed by atoms with Crippen LogP contribution < -0.4 is 8.92 Å². The van der Waals surface area contributed by atoms with Crippen molar-refractivity contribution in [3.8, 4) is 11.5 Å². The van der Waals surface area contributed by atoms with Crippen LogP contribution >= 0.6 is 11.6 Å². The highest BCUT2D eigenvalue weighted by atomic mass is 35.5. The van der Waals surface area contributed by atoms with E-state index in [-0.39, 0.29) is 21.9 Å². The third-order valence-corrected chi connectivity index (χ3v) is 5.50. The summed E-state index contributed by atoms with van der Waals surface area (Å²) in [5.41, 5.74) is -6.17. The molecule has 0 aromatic heterocycles. The number of ether oxygens (including phenoxy) is 2. The first kappa shape index (κ1) is 21.3. The molecule has 0 fully saturated rings. The van der Waals surface area contributed by atoms with E-state index in [1.807, 2.05) is 0 Å². The van der Waals surface area contributed by atoms with Gasteiger partial charge in [0, 0.05) is 11.6 Å². The fourth-order valence-electron chi connectivity index (χ4n) is 2.68. The summed E-state index contributed by atoms with van der Waals surface area (Å²) in [6, 6.07) is 10.0. The van der Waals surface area contributed by atoms with E-state index < -0.39 is 39.1 Å². The molecule has 11 heteroatoms. The van der Waals surface area contributed by atoms with Gasteiger partial charge in [0.15, 0.2) is 0 Å². The average Bonchev–Trinajstić information content (AvgIpc) is 2.86. The molecule has 0 radical (unpaired) electrons. The van der Waals surface area contributed by atoms with E-state index in [2.05, 4.69) is 4.18 Å². The second-order valence-electron chi connectivity index (χ2n) is 6.71. The normalized spacial score (nSPS) is 17.9. The molecule has 0 aliphatic carbocycles. The molecule has 29 heavy (non-hydrogen) atoms. The van der Waals surface area contributed by atoms with Crippen molar-refractivity contribution in [1.82, 2.24) is 0 Å². The van der Waals surface area contributed by atoms with E-state index in [9.17, 15) is 26.4 Å². The zero-order valence-electron chi connectivity index (χ0n) is 15.0. The lowest BCUT2D eigenvalue weighted by Gasteiger charge is -2.25. The largest absolute Gasteiger partial charge is 0.534 e. The first-order valence-corrected chi connectivity index (χ1v) is 9.89. The van der Waals surface area contributed by atoms with Gasteiger partial charge >= 0.3 is 21.6 Å². The number of fused-ring (bicyclic) bond motifs is 1. The van der Waals surface area contributed by atoms with Crippen LogP contribution in [0.1, 0.15) is 29.8 Å². The van der Waals surface area contributed by atoms with Crippen LogP contribution in [0.25, 0.3) is 0 Å². The second-order valence-corrected chi connectivity index (χ2v) is 8.65. The summed E-state index contributed by atoms with van der Waals surface area (Å²) >= 11 is 6.04. The van der Waals surface area contributed by atoms with Crippen LogP contribution in [0.15, 0.2) is 42.5 Å². The van der Waals surface area contributed by atoms with Gasteiger partial charge in [0.2, 0.25) is 0 Å². The summed E-state index contributed by atoms with van der Waals surface area (Å²) in [5, 5.41) is -0.193. The summed E-state index contributed by atoms with van der Waals surface area (Å²) in [4.78, 5) is 12.3. The van der Waals surface area contributed by atoms with Crippen LogP contribution in [0.5, 0.6) is 11.5 Å². The fraction of sp³-hybridized carbons (Fsp3) is 0.278. The topological polar surface area (TPSA) is 78.9 Å². The SMILES string of the molecule is CC1(C)c2cc(OS(=O)(=O)C(F)(F)F)cc(Cl)c2OC1OC(=O)c1ccccc1. The van der Waals surface area contributed by atoms with Gasteiger partial charge in [0.05, 0.1) is 16.0 Å². The standard InChI is InChI=1S/C18H14ClF3O6S/c1-17(2)12-8-11(28-29(24,25)18(20,21)22)9-13(19)14(12)26-16(17)27-15(23)10-6-4-3-5-7-10/h3-9,16H,1-2H3. The number of rotatable bonds is 4. The molecule has 1 heterocycles. The van der Waals surface area contributed by atoms with E-state index >= 15 is 0 Å². The van der Waals surface area contributed by atoms with Crippen molar-refractivity contribution in [2.45, 2.75) is 31.1 Å². The van der Waals surface area contributed by atoms with Crippen molar-refractivity contribution in [2.24, 2.45) is 0 Å². The monoisotopic (exact) mass is 450 g/mol. The minimum Gasteiger partial charge on any atom is -0.452 e. The number of benzene rings is 2. The third kappa shape index (κ3) is 3.99. The smallest absolute Gasteiger partial charge is 0.452 e. The number of esters is 1. The van der Waals surface area contributed by atoms with E-state index in [4.69, 9.17) is 21.1 Å². The molecule has 0 saturated heterocycles. The van der Waals surface area contributed by atoms with Crippen LogP contribution in [0.2, 0.25) is 5.02 Å². The number of hydrogen-bond donors (Lipinski definition) is 0. The van der Waals surface area contributed by atoms with Crippen molar-refractivity contribution in [3.63, 3.8) is 0 Å². The second kappa shape index (κ2) is 7.10. The van der Waals surface area contributed by atoms with Gasteiger partial charge in [-0.15, -0.1) is 0 Å². The number of hydrogen-bond acceptors (Lipinski definition) is 6. The lowest BCUT2D eigenvalue weighted by molar-refractivity contribution is -0.0684. The van der Waals surface area contributed by atoms with Gasteiger partial charge in [-0.05, 0) is 32.0 Å². The number of carbonyl (C=O) groups excluding carboxylic acids is 1. The minimum absolute atomic E-state index is 0.0549. The molecule has 0 bridgehead atoms. The summed E-state index contributed by atoms with van der Waals surface area (Å²) in [5.74, 6) is -1.26. The summed E-state index contributed by atoms with van der Waals surface area (Å²) in [6.07, 6.45) is -1.16. The van der Waals surface area contributed by atoms with Crippen LogP contribution in [-0.4, -0.2) is 26.2 Å². The van der Waals surface area contributed by atoms with Gasteiger partial charge in [0.1, 0.15) is 11.5 Å². The molecule has 3 rings (SSSR count). The predicted octanol–water partition coefficient (Wildman–Crippen LogP) is 4.42. The molecule has 2 aromatic rings. The lowest BCUT2D eigenvalue weighted by Crippen LogP contribution is -2.36. The predicted molar refractivity (Wildman–Crippen MR) is 96.4 cm³/mol. The Hall–Kier alpha value is -2.46. The molecule has 0 amide bonds. The van der Waals surface area contributed by atoms with Crippen molar-refractivity contribution in [3.05, 3.63) is 58.6 Å². The molecule has 0 saturated carbocycles. The number of alkyl halides is 3. The summed E-state index contributed by atoms with van der Waals surface area (Å²) in [6.45, 7) is 3.19. The molecule has 1 atom stereocenters. The number of carbonyl (C=O) groups is 1. The third-order valence-electron chi connectivity index (χ3n) is 4.24. The van der Waals surface area contributed by atoms with Crippen molar-refractivity contribution >= 4 is 27.7 Å². The Labute approximate surface area is 169 Å². The fourth-order valence-corrected chi connectivity index (χ4v) is 3.38. The summed E-state index contributed by atoms with van der Waals surface area (Å²) in [7, 11) is -5.88. The molecule has 1 aliphatic heterocycles. The zero-order valence-corrected chi connectivity index (χ0v) is 16.6. The molecule has 156 valence electrons. The molecule has 1 unspecified atom stereocenters. The zero-order chi connectivity index (χ0) is 21.6. The number of halogens is 4. The highest BCUT2D eigenvalue weighted by Gasteiger charge is 2.50. The maximum Gasteiger partial charge on any atom is 0.534 e. The highest BCUT2D eigenvalue weighted by Crippen LogP contribution is 2.49. The maximum atomic E-state index is 12.6. The molecule has 2 aromatic carbocycles.